The molecule has 17 nitrogen and oxygen atoms in total. The van der Waals surface area contributed by atoms with E-state index in [2.05, 4.69) is 0 Å². The summed E-state index contributed by atoms with van der Waals surface area (Å²) in [6.07, 6.45) is 1.61. The first kappa shape index (κ1) is 33.2. The van der Waals surface area contributed by atoms with Crippen molar-refractivity contribution in [2.45, 2.75) is 11.8 Å². The largest absolute Gasteiger partial charge is 0.365 e. The molecule has 0 radical (unpaired) electrons. The van der Waals surface area contributed by atoms with Crippen molar-refractivity contribution in [3.63, 3.8) is 0 Å². The molecule has 1 N–H and O–H groups in total. The minimum absolute atomic E-state index is 0.0592. The van der Waals surface area contributed by atoms with Gasteiger partial charge in [-0.3, -0.25) is 27.9 Å². The van der Waals surface area contributed by atoms with E-state index < -0.39 is 75.0 Å². The zero-order chi connectivity index (χ0) is 29.8. The van der Waals surface area contributed by atoms with E-state index in [-0.39, 0.29) is 50.5 Å². The second kappa shape index (κ2) is 12.7. The van der Waals surface area contributed by atoms with Crippen LogP contribution < -0.4 is 4.90 Å². The number of non-ortho nitro benzene ring substituents is 1. The minimum atomic E-state index is -4.46. The van der Waals surface area contributed by atoms with Crippen molar-refractivity contribution >= 4 is 51.8 Å². The fourth-order valence-corrected chi connectivity index (χ4v) is 7.04. The van der Waals surface area contributed by atoms with Gasteiger partial charge in [-0.2, -0.15) is 29.6 Å². The number of anilines is 1. The van der Waals surface area contributed by atoms with Crippen LogP contribution in [0.3, 0.4) is 0 Å². The summed E-state index contributed by atoms with van der Waals surface area (Å²) in [7, 11) is -16.6. The highest BCUT2D eigenvalue weighted by Gasteiger charge is 2.35. The molecule has 1 aromatic carbocycles. The maximum absolute atomic E-state index is 13.7. The van der Waals surface area contributed by atoms with Crippen molar-refractivity contribution in [2.75, 3.05) is 75.8 Å². The predicted molar refractivity (Wildman–Crippen MR) is 138 cm³/mol. The molecule has 0 unspecified atom stereocenters. The van der Waals surface area contributed by atoms with Gasteiger partial charge < -0.3 is 4.90 Å². The summed E-state index contributed by atoms with van der Waals surface area (Å²) in [5, 5.41) is 11.6. The summed E-state index contributed by atoms with van der Waals surface area (Å²) in [4.78, 5) is 12.9. The molecule has 2 rings (SSSR count). The summed E-state index contributed by atoms with van der Waals surface area (Å²) in [5.41, 5.74) is -0.485. The molecule has 0 amide bonds. The van der Waals surface area contributed by atoms with Gasteiger partial charge in [0.15, 0.2) is 0 Å². The number of benzene rings is 1. The molecule has 1 fully saturated rings. The van der Waals surface area contributed by atoms with E-state index in [9.17, 15) is 43.8 Å². The lowest BCUT2D eigenvalue weighted by Gasteiger charge is -2.34. The van der Waals surface area contributed by atoms with Crippen molar-refractivity contribution in [3.8, 4) is 0 Å². The van der Waals surface area contributed by atoms with E-state index in [0.717, 1.165) is 28.9 Å². The van der Waals surface area contributed by atoms with Crippen molar-refractivity contribution in [3.05, 3.63) is 27.8 Å². The zero-order valence-electron chi connectivity index (χ0n) is 21.3. The molecule has 0 aliphatic carbocycles. The number of nitro groups is 1. The average Bonchev–Trinajstić information content (AvgIpc) is 2.75. The predicted octanol–water partition coefficient (Wildman–Crippen LogP) is -1.19. The molecule has 39 heavy (non-hydrogen) atoms. The van der Waals surface area contributed by atoms with Gasteiger partial charge in [0.05, 0.1) is 36.3 Å². The van der Waals surface area contributed by atoms with Crippen molar-refractivity contribution in [1.29, 1.82) is 0 Å². The highest BCUT2D eigenvalue weighted by molar-refractivity contribution is 7.89. The van der Waals surface area contributed by atoms with E-state index >= 15 is 0 Å². The Bertz CT molecular complexity index is 1450. The highest BCUT2D eigenvalue weighted by atomic mass is 32.2. The monoisotopic (exact) mass is 638 g/mol. The van der Waals surface area contributed by atoms with Gasteiger partial charge in [0.25, 0.3) is 36.0 Å². The van der Waals surface area contributed by atoms with Crippen LogP contribution in [0.25, 0.3) is 0 Å². The van der Waals surface area contributed by atoms with E-state index in [1.54, 1.807) is 0 Å². The Morgan fingerprint density at radius 3 is 1.82 bits per heavy atom. The van der Waals surface area contributed by atoms with Gasteiger partial charge in [-0.05, 0) is 12.5 Å². The van der Waals surface area contributed by atoms with E-state index in [1.807, 2.05) is 0 Å². The number of hydrogen-bond acceptors (Lipinski definition) is 14. The van der Waals surface area contributed by atoms with Crippen molar-refractivity contribution < 1.29 is 51.5 Å². The van der Waals surface area contributed by atoms with Gasteiger partial charge in [0.2, 0.25) is 10.0 Å². The molecule has 1 aliphatic heterocycles. The van der Waals surface area contributed by atoms with Gasteiger partial charge in [0.1, 0.15) is 10.8 Å². The summed E-state index contributed by atoms with van der Waals surface area (Å²) < 4.78 is 115. The molecular formula is C18H30N4O13S4. The third-order valence-electron chi connectivity index (χ3n) is 5.39. The topological polar surface area (TPSA) is 228 Å². The smallest absolute Gasteiger partial charge is 0.278 e. The first-order valence-corrected chi connectivity index (χ1v) is 17.8. The van der Waals surface area contributed by atoms with E-state index in [4.69, 9.17) is 12.9 Å². The fraction of sp³-hybridized carbons (Fsp3) is 0.667. The van der Waals surface area contributed by atoms with Crippen LogP contribution in [0, 0.1) is 17.0 Å². The third kappa shape index (κ3) is 10.5. The van der Waals surface area contributed by atoms with Crippen LogP contribution in [0.2, 0.25) is 0 Å². The van der Waals surface area contributed by atoms with Crippen LogP contribution >= 0.6 is 0 Å². The maximum Gasteiger partial charge on any atom is 0.278 e. The number of hydrogen-bond donors (Lipinski definition) is 1. The summed E-state index contributed by atoms with van der Waals surface area (Å²) in [6, 6.07) is 1.95. The molecule has 1 heterocycles. The van der Waals surface area contributed by atoms with Crippen molar-refractivity contribution in [2.24, 2.45) is 0 Å². The quantitative estimate of drug-likeness (QED) is 0.109. The third-order valence-corrected chi connectivity index (χ3v) is 9.18. The lowest BCUT2D eigenvalue weighted by molar-refractivity contribution is -0.385. The highest BCUT2D eigenvalue weighted by Crippen LogP contribution is 2.35. The Balaban J connectivity index is 2.53. The van der Waals surface area contributed by atoms with E-state index in [0.29, 0.717) is 0 Å². The number of rotatable bonds is 14. The Labute approximate surface area is 227 Å². The Morgan fingerprint density at radius 2 is 1.41 bits per heavy atom. The number of nitro benzene ring substituents is 1. The number of sulfonamides is 1. The lowest BCUT2D eigenvalue weighted by Crippen LogP contribution is -2.50. The number of piperazine rings is 1. The fourth-order valence-electron chi connectivity index (χ4n) is 3.84. The second-order valence-corrected chi connectivity index (χ2v) is 15.3. The summed E-state index contributed by atoms with van der Waals surface area (Å²) >= 11 is 0. The van der Waals surface area contributed by atoms with Crippen LogP contribution in [-0.4, -0.2) is 123 Å². The average molecular weight is 639 g/mol. The Morgan fingerprint density at radius 1 is 0.923 bits per heavy atom. The molecule has 0 atom stereocenters. The molecule has 21 heteroatoms. The first-order chi connectivity index (χ1) is 17.7. The molecule has 0 bridgehead atoms. The Hall–Kier alpha value is -1.98. The van der Waals surface area contributed by atoms with E-state index in [1.165, 1.54) is 16.7 Å². The Kier molecular flexibility index (Phi) is 10.8. The molecule has 1 aromatic rings. The second-order valence-electron chi connectivity index (χ2n) is 8.64. The van der Waals surface area contributed by atoms with Crippen LogP contribution in [0.15, 0.2) is 17.0 Å². The maximum atomic E-state index is 13.7. The SMILES string of the molecule is Cc1cc([N+](=O)[O-])cc(S(=O)(=O)N2CCN(CS(=O)(=O)O)CC2)c1N(CCOS(C)(=O)=O)CCOS(C)(=O)=O. The number of nitrogens with zero attached hydrogens (tertiary/aromatic N) is 4. The van der Waals surface area contributed by atoms with Crippen LogP contribution in [0.4, 0.5) is 11.4 Å². The zero-order valence-corrected chi connectivity index (χ0v) is 24.6. The van der Waals surface area contributed by atoms with Gasteiger partial charge >= 0.3 is 0 Å². The molecular weight excluding hydrogens is 608 g/mol. The van der Waals surface area contributed by atoms with Crippen LogP contribution in [0.1, 0.15) is 5.56 Å². The summed E-state index contributed by atoms with van der Waals surface area (Å²) in [6.45, 7) is -0.558. The normalized spacial score (nSPS) is 16.3. The van der Waals surface area contributed by atoms with Crippen molar-refractivity contribution in [1.82, 2.24) is 9.21 Å². The first-order valence-electron chi connectivity index (χ1n) is 11.1. The molecule has 1 saturated heterocycles. The van der Waals surface area contributed by atoms with Gasteiger partial charge in [-0.15, -0.1) is 0 Å². The van der Waals surface area contributed by atoms with Gasteiger partial charge in [-0.25, -0.2) is 8.42 Å². The number of aryl methyl sites for hydroxylation is 1. The molecule has 1 aliphatic rings. The molecule has 0 aromatic heterocycles. The van der Waals surface area contributed by atoms with Crippen LogP contribution in [-0.2, 0) is 48.7 Å². The summed E-state index contributed by atoms with van der Waals surface area (Å²) in [5.74, 6) is -0.698. The standard InChI is InChI=1S/C18H30N4O13S4/c1-15-12-16(22(23)24)13-17(39(32,33)21-6-4-19(5-7-21)14-38(29,30)31)18(15)20(8-10-34-36(2,25)26)9-11-35-37(3,27)28/h12-13H,4-11,14H2,1-3H3,(H,29,30,31). The lowest BCUT2D eigenvalue weighted by atomic mass is 10.1. The minimum Gasteiger partial charge on any atom is -0.365 e. The van der Waals surface area contributed by atoms with Crippen LogP contribution in [0.5, 0.6) is 0 Å². The molecule has 0 spiro atoms. The molecule has 224 valence electrons. The van der Waals surface area contributed by atoms with Gasteiger partial charge in [0, 0.05) is 51.4 Å². The van der Waals surface area contributed by atoms with Gasteiger partial charge in [-0.1, -0.05) is 0 Å². The molecule has 0 saturated carbocycles.